The van der Waals surface area contributed by atoms with E-state index in [2.05, 4.69) is 32.1 Å². The number of hydroxylamine groups is 1. The lowest BCUT2D eigenvalue weighted by Gasteiger charge is -2.10. The topological polar surface area (TPSA) is 117 Å². The molecule has 0 fully saturated rings. The maximum atomic E-state index is 12.5. The van der Waals surface area contributed by atoms with E-state index in [4.69, 9.17) is 5.21 Å². The molecule has 8 heteroatoms. The number of rotatable bonds is 4. The Morgan fingerprint density at radius 2 is 1.52 bits per heavy atom. The van der Waals surface area contributed by atoms with Gasteiger partial charge in [-0.25, -0.2) is 10.5 Å². The predicted octanol–water partition coefficient (Wildman–Crippen LogP) is 3.31. The summed E-state index contributed by atoms with van der Waals surface area (Å²) in [5.74, 6) is 5.10. The van der Waals surface area contributed by atoms with Gasteiger partial charge in [-0.05, 0) is 48.5 Å². The number of hydrogen-bond donors (Lipinski definition) is 3. The van der Waals surface area contributed by atoms with E-state index in [0.29, 0.717) is 16.8 Å². The molecule has 0 unspecified atom stereocenters. The summed E-state index contributed by atoms with van der Waals surface area (Å²) in [6, 6.07) is 17.1. The van der Waals surface area contributed by atoms with Gasteiger partial charge in [0.25, 0.3) is 11.8 Å². The monoisotopic (exact) mass is 435 g/mol. The van der Waals surface area contributed by atoms with E-state index in [1.807, 2.05) is 36.4 Å². The lowest BCUT2D eigenvalue weighted by molar-refractivity contribution is 0.0706. The Kier molecular flexibility index (Phi) is 6.45. The molecule has 4 aromatic rings. The van der Waals surface area contributed by atoms with Gasteiger partial charge >= 0.3 is 0 Å². The number of carbonyl (C=O) groups excluding carboxylic acids is 2. The van der Waals surface area contributed by atoms with Crippen LogP contribution in [0.1, 0.15) is 31.8 Å². The number of hydrogen-bond acceptors (Lipinski definition) is 6. The Labute approximate surface area is 189 Å². The number of amides is 2. The third kappa shape index (κ3) is 5.44. The molecule has 0 aliphatic heterocycles. The molecule has 160 valence electrons. The molecule has 0 radical (unpaired) electrons. The van der Waals surface area contributed by atoms with E-state index < -0.39 is 11.8 Å². The Bertz CT molecular complexity index is 1350. The number of benzene rings is 1. The summed E-state index contributed by atoms with van der Waals surface area (Å²) in [5.41, 5.74) is 4.80. The molecule has 8 nitrogen and oxygen atoms in total. The summed E-state index contributed by atoms with van der Waals surface area (Å²) in [6.07, 6.45) is 6.35. The van der Waals surface area contributed by atoms with Crippen molar-refractivity contribution in [2.75, 3.05) is 5.32 Å². The highest BCUT2D eigenvalue weighted by molar-refractivity contribution is 6.04. The van der Waals surface area contributed by atoms with Crippen molar-refractivity contribution in [2.45, 2.75) is 0 Å². The van der Waals surface area contributed by atoms with Crippen LogP contribution >= 0.6 is 0 Å². The van der Waals surface area contributed by atoms with Crippen LogP contribution in [0.4, 0.5) is 5.82 Å². The van der Waals surface area contributed by atoms with Crippen molar-refractivity contribution in [3.63, 3.8) is 0 Å². The summed E-state index contributed by atoms with van der Waals surface area (Å²) in [4.78, 5) is 36.9. The van der Waals surface area contributed by atoms with Crippen molar-refractivity contribution >= 4 is 17.6 Å². The van der Waals surface area contributed by atoms with Crippen LogP contribution in [0.25, 0.3) is 11.3 Å². The first kappa shape index (κ1) is 21.4. The zero-order valence-corrected chi connectivity index (χ0v) is 17.2. The molecule has 3 N–H and O–H groups in total. The smallest absolute Gasteiger partial charge is 0.274 e. The van der Waals surface area contributed by atoms with Crippen LogP contribution in [-0.4, -0.2) is 32.0 Å². The molecule has 1 aromatic carbocycles. The normalized spacial score (nSPS) is 9.97. The highest BCUT2D eigenvalue weighted by atomic mass is 16.5. The number of nitrogens with zero attached hydrogens (tertiary/aromatic N) is 3. The van der Waals surface area contributed by atoms with E-state index in [1.165, 1.54) is 18.3 Å². The first-order valence-electron chi connectivity index (χ1n) is 9.83. The third-order valence-electron chi connectivity index (χ3n) is 4.55. The minimum absolute atomic E-state index is 0.129. The fourth-order valence-electron chi connectivity index (χ4n) is 2.93. The molecule has 33 heavy (non-hydrogen) atoms. The van der Waals surface area contributed by atoms with Crippen molar-refractivity contribution in [3.05, 3.63) is 108 Å². The molecule has 0 aliphatic rings. The van der Waals surface area contributed by atoms with Crippen LogP contribution in [0.3, 0.4) is 0 Å². The lowest BCUT2D eigenvalue weighted by atomic mass is 10.1. The molecule has 3 heterocycles. The average molecular weight is 435 g/mol. The van der Waals surface area contributed by atoms with Crippen LogP contribution in [0.5, 0.6) is 0 Å². The van der Waals surface area contributed by atoms with Gasteiger partial charge in [-0.2, -0.15) is 0 Å². The van der Waals surface area contributed by atoms with Gasteiger partial charge in [-0.15, -0.1) is 0 Å². The molecular weight excluding hydrogens is 418 g/mol. The Balaban J connectivity index is 1.62. The standard InChI is InChI=1S/C25H17N5O3/c31-24(20-4-2-12-27-16-20)29-23-14-21(25(32)30-33)13-22(28-23)19-9-7-17(8-10-19)5-6-18-3-1-11-26-15-18/h1-4,7-16,33H,(H,30,32)(H,28,29,31). The minimum atomic E-state index is -0.727. The minimum Gasteiger partial charge on any atom is -0.306 e. The highest BCUT2D eigenvalue weighted by Gasteiger charge is 2.13. The predicted molar refractivity (Wildman–Crippen MR) is 121 cm³/mol. The van der Waals surface area contributed by atoms with Crippen molar-refractivity contribution in [1.29, 1.82) is 0 Å². The van der Waals surface area contributed by atoms with Crippen molar-refractivity contribution < 1.29 is 14.8 Å². The molecule has 0 saturated carbocycles. The molecular formula is C25H17N5O3. The van der Waals surface area contributed by atoms with Crippen LogP contribution in [0.15, 0.2) is 85.5 Å². The Morgan fingerprint density at radius 3 is 2.18 bits per heavy atom. The summed E-state index contributed by atoms with van der Waals surface area (Å²) in [7, 11) is 0. The SMILES string of the molecule is O=C(NO)c1cc(NC(=O)c2cccnc2)nc(-c2ccc(C#Cc3cccnc3)cc2)c1. The molecule has 0 atom stereocenters. The quantitative estimate of drug-likeness (QED) is 0.257. The Hall–Kier alpha value is -4.87. The van der Waals surface area contributed by atoms with Crippen LogP contribution < -0.4 is 10.8 Å². The summed E-state index contributed by atoms with van der Waals surface area (Å²) >= 11 is 0. The number of nitrogens with one attached hydrogen (secondary N) is 2. The van der Waals surface area contributed by atoms with Gasteiger partial charge in [0, 0.05) is 47.0 Å². The maximum absolute atomic E-state index is 12.5. The molecule has 0 aliphatic carbocycles. The highest BCUT2D eigenvalue weighted by Crippen LogP contribution is 2.22. The zero-order chi connectivity index (χ0) is 23.0. The number of carbonyl (C=O) groups is 2. The second-order valence-electron chi connectivity index (χ2n) is 6.83. The van der Waals surface area contributed by atoms with Gasteiger partial charge < -0.3 is 5.32 Å². The van der Waals surface area contributed by atoms with Crippen LogP contribution in [0.2, 0.25) is 0 Å². The first-order valence-corrected chi connectivity index (χ1v) is 9.83. The van der Waals surface area contributed by atoms with Gasteiger partial charge in [0.1, 0.15) is 5.82 Å². The number of aromatic nitrogens is 3. The van der Waals surface area contributed by atoms with Gasteiger partial charge in [0.15, 0.2) is 0 Å². The van der Waals surface area contributed by atoms with Gasteiger partial charge in [0.05, 0.1) is 11.3 Å². The molecule has 0 bridgehead atoms. The van der Waals surface area contributed by atoms with E-state index in [-0.39, 0.29) is 11.4 Å². The largest absolute Gasteiger partial charge is 0.306 e. The molecule has 2 amide bonds. The third-order valence-corrected chi connectivity index (χ3v) is 4.55. The summed E-state index contributed by atoms with van der Waals surface area (Å²) < 4.78 is 0. The number of pyridine rings is 3. The Morgan fingerprint density at radius 1 is 0.788 bits per heavy atom. The fourth-order valence-corrected chi connectivity index (χ4v) is 2.93. The van der Waals surface area contributed by atoms with Gasteiger partial charge in [-0.1, -0.05) is 24.0 Å². The summed E-state index contributed by atoms with van der Waals surface area (Å²) in [6.45, 7) is 0. The van der Waals surface area contributed by atoms with Crippen LogP contribution in [0, 0.1) is 11.8 Å². The van der Waals surface area contributed by atoms with E-state index in [0.717, 1.165) is 11.1 Å². The second-order valence-corrected chi connectivity index (χ2v) is 6.83. The van der Waals surface area contributed by atoms with Gasteiger partial charge in [0.2, 0.25) is 0 Å². The van der Waals surface area contributed by atoms with E-state index >= 15 is 0 Å². The average Bonchev–Trinajstić information content (AvgIpc) is 2.88. The van der Waals surface area contributed by atoms with E-state index in [9.17, 15) is 9.59 Å². The molecule has 0 spiro atoms. The molecule has 0 saturated heterocycles. The number of anilines is 1. The van der Waals surface area contributed by atoms with Crippen molar-refractivity contribution in [3.8, 4) is 23.1 Å². The maximum Gasteiger partial charge on any atom is 0.274 e. The van der Waals surface area contributed by atoms with Crippen LogP contribution in [-0.2, 0) is 0 Å². The fraction of sp³-hybridized carbons (Fsp3) is 0. The zero-order valence-electron chi connectivity index (χ0n) is 17.2. The van der Waals surface area contributed by atoms with Crippen molar-refractivity contribution in [1.82, 2.24) is 20.4 Å². The summed E-state index contributed by atoms with van der Waals surface area (Å²) in [5, 5.41) is 11.7. The lowest BCUT2D eigenvalue weighted by Crippen LogP contribution is -2.20. The molecule has 4 rings (SSSR count). The second kappa shape index (κ2) is 9.96. The first-order chi connectivity index (χ1) is 16.1. The molecule has 3 aromatic heterocycles. The van der Waals surface area contributed by atoms with E-state index in [1.54, 1.807) is 36.2 Å². The van der Waals surface area contributed by atoms with Crippen molar-refractivity contribution in [2.24, 2.45) is 0 Å². The van der Waals surface area contributed by atoms with Gasteiger partial charge in [-0.3, -0.25) is 24.8 Å².